The van der Waals surface area contributed by atoms with Crippen molar-refractivity contribution >= 4 is 6.09 Å². The van der Waals surface area contributed by atoms with Crippen LogP contribution in [0.15, 0.2) is 0 Å². The molecule has 2 rings (SSSR count). The molecule has 1 heterocycles. The van der Waals surface area contributed by atoms with Crippen LogP contribution in [0.4, 0.5) is 18.0 Å². The highest BCUT2D eigenvalue weighted by Gasteiger charge is 2.81. The minimum absolute atomic E-state index is 0.0242. The highest BCUT2D eigenvalue weighted by atomic mass is 19.4. The number of amides is 1. The number of halogens is 3. The number of nitrogens with one attached hydrogen (secondary N) is 1. The van der Waals surface area contributed by atoms with Gasteiger partial charge in [0.1, 0.15) is 0 Å². The number of hydrogen-bond donors (Lipinski definition) is 2. The normalized spacial score (nSPS) is 34.0. The fourth-order valence-corrected chi connectivity index (χ4v) is 3.19. The van der Waals surface area contributed by atoms with Crippen molar-refractivity contribution in [1.82, 2.24) is 10.2 Å². The molecule has 4 nitrogen and oxygen atoms in total. The lowest BCUT2D eigenvalue weighted by atomic mass is 9.93. The summed E-state index contributed by atoms with van der Waals surface area (Å²) in [6, 6.07) is 0. The molecule has 1 aliphatic heterocycles. The molecule has 2 atom stereocenters. The smallest absolute Gasteiger partial charge is 0.407 e. The zero-order valence-electron chi connectivity index (χ0n) is 11.3. The summed E-state index contributed by atoms with van der Waals surface area (Å²) in [6.45, 7) is 5.13. The quantitative estimate of drug-likeness (QED) is 0.816. The average molecular weight is 280 g/mol. The first-order chi connectivity index (χ1) is 8.45. The summed E-state index contributed by atoms with van der Waals surface area (Å²) in [5.41, 5.74) is -3.43. The van der Waals surface area contributed by atoms with E-state index in [1.54, 1.807) is 20.8 Å². The monoisotopic (exact) mass is 280 g/mol. The summed E-state index contributed by atoms with van der Waals surface area (Å²) in [7, 11) is 0. The summed E-state index contributed by atoms with van der Waals surface area (Å²) in [5, 5.41) is 12.0. The van der Waals surface area contributed by atoms with E-state index in [1.165, 1.54) is 0 Å². The van der Waals surface area contributed by atoms with Crippen LogP contribution in [0.1, 0.15) is 27.2 Å². The van der Waals surface area contributed by atoms with E-state index in [4.69, 9.17) is 0 Å². The lowest BCUT2D eigenvalue weighted by molar-refractivity contribution is -0.191. The molecule has 0 bridgehead atoms. The minimum Gasteiger partial charge on any atom is -0.465 e. The lowest BCUT2D eigenvalue weighted by Crippen LogP contribution is -2.49. The van der Waals surface area contributed by atoms with Gasteiger partial charge in [-0.05, 0) is 27.2 Å². The van der Waals surface area contributed by atoms with Crippen LogP contribution < -0.4 is 5.32 Å². The van der Waals surface area contributed by atoms with Crippen LogP contribution in [0.3, 0.4) is 0 Å². The van der Waals surface area contributed by atoms with E-state index in [0.29, 0.717) is 0 Å². The first-order valence-electron chi connectivity index (χ1n) is 6.23. The van der Waals surface area contributed by atoms with Crippen molar-refractivity contribution in [1.29, 1.82) is 0 Å². The predicted octanol–water partition coefficient (Wildman–Crippen LogP) is 2.31. The van der Waals surface area contributed by atoms with Crippen LogP contribution >= 0.6 is 0 Å². The van der Waals surface area contributed by atoms with E-state index < -0.39 is 28.6 Å². The number of hydrogen-bond acceptors (Lipinski definition) is 2. The van der Waals surface area contributed by atoms with Gasteiger partial charge >= 0.3 is 12.3 Å². The molecule has 2 fully saturated rings. The highest BCUT2D eigenvalue weighted by Crippen LogP contribution is 2.73. The fourth-order valence-electron chi connectivity index (χ4n) is 3.19. The van der Waals surface area contributed by atoms with Gasteiger partial charge in [0.25, 0.3) is 0 Å². The Morgan fingerprint density at radius 1 is 1.32 bits per heavy atom. The predicted molar refractivity (Wildman–Crippen MR) is 62.9 cm³/mol. The average Bonchev–Trinajstić information content (AvgIpc) is 2.71. The Balaban J connectivity index is 2.22. The molecule has 2 aliphatic rings. The molecule has 1 amide bonds. The van der Waals surface area contributed by atoms with Crippen LogP contribution in [-0.2, 0) is 0 Å². The second kappa shape index (κ2) is 3.77. The lowest BCUT2D eigenvalue weighted by Gasteiger charge is -2.36. The van der Waals surface area contributed by atoms with Crippen LogP contribution in [0.25, 0.3) is 0 Å². The molecule has 1 saturated heterocycles. The molecule has 1 aliphatic carbocycles. The first kappa shape index (κ1) is 14.4. The number of alkyl halides is 3. The maximum Gasteiger partial charge on any atom is 0.407 e. The minimum atomic E-state index is -4.28. The Bertz CT molecular complexity index is 405. The maximum atomic E-state index is 13.2. The largest absolute Gasteiger partial charge is 0.465 e. The summed E-state index contributed by atoms with van der Waals surface area (Å²) in [5.74, 6) is 0. The Labute approximate surface area is 110 Å². The summed E-state index contributed by atoms with van der Waals surface area (Å²) in [6.07, 6.45) is -5.42. The Hall–Kier alpha value is -0.980. The van der Waals surface area contributed by atoms with Crippen molar-refractivity contribution in [2.24, 2.45) is 10.8 Å². The molecule has 7 heteroatoms. The van der Waals surface area contributed by atoms with Gasteiger partial charge in [0.05, 0.1) is 5.41 Å². The fraction of sp³-hybridized carbons (Fsp3) is 0.917. The van der Waals surface area contributed by atoms with Crippen molar-refractivity contribution in [2.75, 3.05) is 19.6 Å². The summed E-state index contributed by atoms with van der Waals surface area (Å²) >= 11 is 0. The van der Waals surface area contributed by atoms with Gasteiger partial charge in [0.2, 0.25) is 0 Å². The van der Waals surface area contributed by atoms with E-state index in [-0.39, 0.29) is 26.1 Å². The van der Waals surface area contributed by atoms with Crippen molar-refractivity contribution in [3.8, 4) is 0 Å². The van der Waals surface area contributed by atoms with E-state index >= 15 is 0 Å². The van der Waals surface area contributed by atoms with E-state index in [2.05, 4.69) is 5.32 Å². The third-order valence-corrected chi connectivity index (χ3v) is 4.46. The van der Waals surface area contributed by atoms with Gasteiger partial charge in [-0.1, -0.05) is 0 Å². The van der Waals surface area contributed by atoms with Gasteiger partial charge in [0.15, 0.2) is 0 Å². The molecule has 0 spiro atoms. The highest BCUT2D eigenvalue weighted by molar-refractivity contribution is 5.66. The Morgan fingerprint density at radius 2 is 1.89 bits per heavy atom. The zero-order valence-corrected chi connectivity index (χ0v) is 11.3. The topological polar surface area (TPSA) is 52.6 Å². The molecule has 0 radical (unpaired) electrons. The second-order valence-corrected chi connectivity index (χ2v) is 6.68. The van der Waals surface area contributed by atoms with Crippen LogP contribution in [0.5, 0.6) is 0 Å². The molecule has 110 valence electrons. The number of piperidine rings is 1. The molecule has 2 unspecified atom stereocenters. The SMILES string of the molecule is CC(C)(C)N(CC12CNCC1(C(F)(F)F)C2)C(=O)O. The van der Waals surface area contributed by atoms with Crippen LogP contribution in [0, 0.1) is 10.8 Å². The number of rotatable bonds is 2. The van der Waals surface area contributed by atoms with Crippen LogP contribution in [-0.4, -0.2) is 47.4 Å². The zero-order chi connectivity index (χ0) is 14.7. The van der Waals surface area contributed by atoms with E-state index in [9.17, 15) is 23.1 Å². The third kappa shape index (κ3) is 1.98. The molecule has 1 saturated carbocycles. The van der Waals surface area contributed by atoms with Gasteiger partial charge in [-0.25, -0.2) is 4.79 Å². The third-order valence-electron chi connectivity index (χ3n) is 4.46. The molecular weight excluding hydrogens is 261 g/mol. The van der Waals surface area contributed by atoms with Crippen molar-refractivity contribution in [3.05, 3.63) is 0 Å². The molecule has 2 N–H and O–H groups in total. The summed E-state index contributed by atoms with van der Waals surface area (Å²) < 4.78 is 39.5. The maximum absolute atomic E-state index is 13.2. The molecule has 0 aromatic carbocycles. The molecule has 0 aromatic rings. The van der Waals surface area contributed by atoms with Crippen molar-refractivity contribution in [3.63, 3.8) is 0 Å². The van der Waals surface area contributed by atoms with Gasteiger partial charge in [0, 0.05) is 30.6 Å². The van der Waals surface area contributed by atoms with E-state index in [0.717, 1.165) is 4.90 Å². The van der Waals surface area contributed by atoms with Gasteiger partial charge < -0.3 is 15.3 Å². The van der Waals surface area contributed by atoms with Gasteiger partial charge in [-0.2, -0.15) is 13.2 Å². The molecule has 19 heavy (non-hydrogen) atoms. The summed E-state index contributed by atoms with van der Waals surface area (Å²) in [4.78, 5) is 12.4. The van der Waals surface area contributed by atoms with Gasteiger partial charge in [-0.15, -0.1) is 0 Å². The number of carbonyl (C=O) groups is 1. The molecule has 0 aromatic heterocycles. The second-order valence-electron chi connectivity index (χ2n) is 6.68. The first-order valence-corrected chi connectivity index (χ1v) is 6.23. The van der Waals surface area contributed by atoms with Crippen molar-refractivity contribution < 1.29 is 23.1 Å². The number of carboxylic acid groups (broad SMARTS) is 1. The van der Waals surface area contributed by atoms with E-state index in [1.807, 2.05) is 0 Å². The van der Waals surface area contributed by atoms with Crippen molar-refractivity contribution in [2.45, 2.75) is 38.9 Å². The Kier molecular flexibility index (Phi) is 2.87. The number of nitrogens with zero attached hydrogens (tertiary/aromatic N) is 1. The number of fused-ring (bicyclic) bond motifs is 1. The Morgan fingerprint density at radius 3 is 2.26 bits per heavy atom. The standard InChI is InChI=1S/C12H19F3N2O2/c1-9(2,3)17(8(18)19)7-10-4-11(10,6-16-5-10)12(13,14)15/h16H,4-7H2,1-3H3,(H,18,19). The molecular formula is C12H19F3N2O2. The van der Waals surface area contributed by atoms with Crippen LogP contribution in [0.2, 0.25) is 0 Å². The van der Waals surface area contributed by atoms with Gasteiger partial charge in [-0.3, -0.25) is 0 Å².